The molecule has 1 aliphatic heterocycles. The lowest BCUT2D eigenvalue weighted by atomic mass is 9.94. The average Bonchev–Trinajstić information content (AvgIpc) is 3.90. The van der Waals surface area contributed by atoms with E-state index in [1.165, 1.54) is 5.56 Å². The number of ether oxygens (including phenoxy) is 3. The lowest BCUT2D eigenvalue weighted by Crippen LogP contribution is -2.23. The van der Waals surface area contributed by atoms with Gasteiger partial charge in [0.1, 0.15) is 23.4 Å². The van der Waals surface area contributed by atoms with Crippen LogP contribution >= 0.6 is 23.2 Å². The minimum absolute atomic E-state index is 0.207. The zero-order valence-corrected chi connectivity index (χ0v) is 30.9. The molecule has 2 aliphatic carbocycles. The van der Waals surface area contributed by atoms with Gasteiger partial charge in [-0.1, -0.05) is 65.7 Å². The second kappa shape index (κ2) is 15.8. The van der Waals surface area contributed by atoms with Crippen molar-refractivity contribution in [2.45, 2.75) is 57.7 Å². The SMILES string of the molecule is COc1cc(O[C@H]2CCc3c(-c4cccc(-c5ccc(CNC[C@@H]6CCC(=O)C6)c(OC)n5)c4Cl)cccc32)c(Cl)cc1CN1CC[C@H](C(=O)O)C1. The Labute approximate surface area is 314 Å². The number of halogens is 2. The number of pyridine rings is 1. The van der Waals surface area contributed by atoms with Crippen molar-refractivity contribution < 1.29 is 28.9 Å². The Bertz CT molecular complexity index is 1990. The Kier molecular flexibility index (Phi) is 11.0. The fraction of sp³-hybridized carbons (Fsp3) is 0.390. The molecule has 1 aromatic heterocycles. The molecule has 1 saturated carbocycles. The van der Waals surface area contributed by atoms with Crippen LogP contribution in [0.15, 0.2) is 60.7 Å². The topological polar surface area (TPSA) is 110 Å². The number of carboxylic acid groups (broad SMARTS) is 1. The molecule has 0 spiro atoms. The first-order valence-electron chi connectivity index (χ1n) is 17.9. The van der Waals surface area contributed by atoms with Crippen LogP contribution in [0.2, 0.25) is 10.0 Å². The van der Waals surface area contributed by atoms with E-state index in [1.807, 2.05) is 48.5 Å². The van der Waals surface area contributed by atoms with E-state index >= 15 is 0 Å². The summed E-state index contributed by atoms with van der Waals surface area (Å²) in [6.07, 6.45) is 4.31. The lowest BCUT2D eigenvalue weighted by molar-refractivity contribution is -0.141. The summed E-state index contributed by atoms with van der Waals surface area (Å²) in [5, 5.41) is 14.0. The largest absolute Gasteiger partial charge is 0.496 e. The Hall–Kier alpha value is -4.15. The van der Waals surface area contributed by atoms with Gasteiger partial charge in [-0.05, 0) is 73.5 Å². The molecule has 2 N–H and O–H groups in total. The van der Waals surface area contributed by atoms with Gasteiger partial charge in [-0.3, -0.25) is 14.5 Å². The molecule has 0 amide bonds. The molecule has 3 atom stereocenters. The van der Waals surface area contributed by atoms with Gasteiger partial charge >= 0.3 is 5.97 Å². The maximum Gasteiger partial charge on any atom is 0.307 e. The van der Waals surface area contributed by atoms with E-state index in [2.05, 4.69) is 22.3 Å². The van der Waals surface area contributed by atoms with Crippen LogP contribution < -0.4 is 19.5 Å². The third-order valence-electron chi connectivity index (χ3n) is 10.6. The van der Waals surface area contributed by atoms with Crippen LogP contribution in [0.4, 0.5) is 0 Å². The summed E-state index contributed by atoms with van der Waals surface area (Å²) in [4.78, 5) is 30.1. The van der Waals surface area contributed by atoms with Crippen LogP contribution in [-0.2, 0) is 29.1 Å². The number of aliphatic carboxylic acids is 1. The van der Waals surface area contributed by atoms with E-state index in [1.54, 1.807) is 14.2 Å². The molecule has 9 nitrogen and oxygen atoms in total. The quantitative estimate of drug-likeness (QED) is 0.140. The Morgan fingerprint density at radius 1 is 0.942 bits per heavy atom. The van der Waals surface area contributed by atoms with E-state index in [9.17, 15) is 14.7 Å². The van der Waals surface area contributed by atoms with Crippen molar-refractivity contribution in [3.8, 4) is 39.8 Å². The molecule has 0 bridgehead atoms. The van der Waals surface area contributed by atoms with Gasteiger partial charge < -0.3 is 24.6 Å². The van der Waals surface area contributed by atoms with E-state index in [0.717, 1.165) is 64.9 Å². The number of carbonyl (C=O) groups excluding carboxylic acids is 1. The van der Waals surface area contributed by atoms with Gasteiger partial charge in [-0.25, -0.2) is 4.98 Å². The highest BCUT2D eigenvalue weighted by Gasteiger charge is 2.31. The standard InChI is InChI=1S/C41H43Cl2N3O6/c1-50-37-19-38(34(42)18-27(37)23-46-16-15-26(22-46)41(48)49)52-36-14-12-30-29(5-3-6-31(30)36)32-7-4-8-33(39(32)43)35-13-10-25(40(45-35)51-2)21-44-20-24-9-11-28(47)17-24/h3-8,10,13,18-19,24,26,36,44H,9,11-12,14-17,20-23H2,1-2H3,(H,48,49)/t24-,26+,36+/m1/s1. The van der Waals surface area contributed by atoms with Crippen LogP contribution in [-0.4, -0.2) is 60.6 Å². The second-order valence-electron chi connectivity index (χ2n) is 14.0. The van der Waals surface area contributed by atoms with Gasteiger partial charge in [0.25, 0.3) is 0 Å². The van der Waals surface area contributed by atoms with E-state index < -0.39 is 5.97 Å². The maximum absolute atomic E-state index is 11.6. The molecule has 0 radical (unpaired) electrons. The molecule has 2 fully saturated rings. The van der Waals surface area contributed by atoms with Gasteiger partial charge in [0, 0.05) is 60.8 Å². The predicted octanol–water partition coefficient (Wildman–Crippen LogP) is 8.17. The highest BCUT2D eigenvalue weighted by molar-refractivity contribution is 6.36. The van der Waals surface area contributed by atoms with Crippen molar-refractivity contribution in [3.63, 3.8) is 0 Å². The van der Waals surface area contributed by atoms with Crippen LogP contribution in [0.25, 0.3) is 22.4 Å². The molecule has 4 aromatic rings. The number of carboxylic acids is 1. The fourth-order valence-electron chi connectivity index (χ4n) is 7.89. The van der Waals surface area contributed by atoms with Gasteiger partial charge in [-0.2, -0.15) is 0 Å². The zero-order chi connectivity index (χ0) is 36.4. The molecule has 7 rings (SSSR count). The molecule has 11 heteroatoms. The minimum atomic E-state index is -0.756. The number of methoxy groups -OCH3 is 2. The summed E-state index contributed by atoms with van der Waals surface area (Å²) in [6.45, 7) is 3.16. The highest BCUT2D eigenvalue weighted by atomic mass is 35.5. The Morgan fingerprint density at radius 3 is 2.50 bits per heavy atom. The monoisotopic (exact) mass is 743 g/mol. The fourth-order valence-corrected chi connectivity index (χ4v) is 8.44. The van der Waals surface area contributed by atoms with Crippen LogP contribution in [0.3, 0.4) is 0 Å². The van der Waals surface area contributed by atoms with Crippen LogP contribution in [0.5, 0.6) is 17.4 Å². The number of hydrogen-bond donors (Lipinski definition) is 2. The van der Waals surface area contributed by atoms with E-state index in [4.69, 9.17) is 42.4 Å². The van der Waals surface area contributed by atoms with Crippen LogP contribution in [0.1, 0.15) is 60.5 Å². The summed E-state index contributed by atoms with van der Waals surface area (Å²) in [5.41, 5.74) is 7.63. The van der Waals surface area contributed by atoms with Crippen molar-refractivity contribution in [1.29, 1.82) is 0 Å². The number of ketones is 1. The Morgan fingerprint density at radius 2 is 1.75 bits per heavy atom. The number of fused-ring (bicyclic) bond motifs is 1. The number of rotatable bonds is 13. The van der Waals surface area contributed by atoms with E-state index in [-0.39, 0.29) is 12.0 Å². The minimum Gasteiger partial charge on any atom is -0.496 e. The van der Waals surface area contributed by atoms with Crippen molar-refractivity contribution in [3.05, 3.63) is 93.0 Å². The van der Waals surface area contributed by atoms with Crippen LogP contribution in [0, 0.1) is 11.8 Å². The average molecular weight is 745 g/mol. The van der Waals surface area contributed by atoms with Crippen molar-refractivity contribution in [2.75, 3.05) is 33.9 Å². The van der Waals surface area contributed by atoms with E-state index in [0.29, 0.717) is 84.6 Å². The molecule has 2 heterocycles. The molecule has 52 heavy (non-hydrogen) atoms. The summed E-state index contributed by atoms with van der Waals surface area (Å²) in [7, 11) is 3.24. The summed E-state index contributed by atoms with van der Waals surface area (Å²) >= 11 is 14.0. The lowest BCUT2D eigenvalue weighted by Gasteiger charge is -2.21. The summed E-state index contributed by atoms with van der Waals surface area (Å²) in [6, 6.07) is 20.0. The molecule has 3 aliphatic rings. The molecule has 1 saturated heterocycles. The first-order chi connectivity index (χ1) is 25.2. The molecular weight excluding hydrogens is 701 g/mol. The number of Topliss-reactive ketones (excluding diaryl/α,β-unsaturated/α-hetero) is 1. The predicted molar refractivity (Wildman–Crippen MR) is 201 cm³/mol. The normalized spacial score (nSPS) is 19.9. The third-order valence-corrected chi connectivity index (χ3v) is 11.3. The maximum atomic E-state index is 11.6. The number of nitrogens with one attached hydrogen (secondary N) is 1. The zero-order valence-electron chi connectivity index (χ0n) is 29.4. The summed E-state index contributed by atoms with van der Waals surface area (Å²) < 4.78 is 18.0. The third kappa shape index (κ3) is 7.64. The number of likely N-dealkylation sites (tertiary alicyclic amines) is 1. The van der Waals surface area contributed by atoms with Crippen molar-refractivity contribution in [1.82, 2.24) is 15.2 Å². The molecule has 3 aromatic carbocycles. The number of aromatic nitrogens is 1. The number of benzene rings is 3. The molecule has 272 valence electrons. The van der Waals surface area contributed by atoms with Gasteiger partial charge in [0.2, 0.25) is 5.88 Å². The summed E-state index contributed by atoms with van der Waals surface area (Å²) in [5.74, 6) is 1.38. The number of carbonyl (C=O) groups is 2. The van der Waals surface area contributed by atoms with Crippen molar-refractivity contribution in [2.24, 2.45) is 11.8 Å². The number of hydrogen-bond acceptors (Lipinski definition) is 8. The smallest absolute Gasteiger partial charge is 0.307 e. The van der Waals surface area contributed by atoms with Gasteiger partial charge in [0.15, 0.2) is 0 Å². The first kappa shape index (κ1) is 36.2. The van der Waals surface area contributed by atoms with Gasteiger partial charge in [0.05, 0.1) is 35.9 Å². The highest BCUT2D eigenvalue weighted by Crippen LogP contribution is 2.45. The Balaban J connectivity index is 1.08. The molecule has 0 unspecified atom stereocenters. The molecular formula is C41H43Cl2N3O6. The second-order valence-corrected chi connectivity index (χ2v) is 14.8. The van der Waals surface area contributed by atoms with Gasteiger partial charge in [-0.15, -0.1) is 0 Å². The first-order valence-corrected chi connectivity index (χ1v) is 18.6. The number of nitrogens with zero attached hydrogens (tertiary/aromatic N) is 2. The van der Waals surface area contributed by atoms with Crippen molar-refractivity contribution >= 4 is 35.0 Å².